The van der Waals surface area contributed by atoms with Crippen molar-refractivity contribution in [2.24, 2.45) is 0 Å². The Morgan fingerprint density at radius 1 is 1.25 bits per heavy atom. The molecule has 1 aromatic carbocycles. The third kappa shape index (κ3) is 2.66. The number of hydrogen-bond donors (Lipinski definition) is 0. The van der Waals surface area contributed by atoms with Crippen LogP contribution < -0.4 is 0 Å². The quantitative estimate of drug-likeness (QED) is 0.681. The maximum atomic E-state index is 6.48. The zero-order chi connectivity index (χ0) is 11.5. The minimum Gasteiger partial charge on any atom is -0.152 e. The first-order valence-electron chi connectivity index (χ1n) is 5.39. The lowest BCUT2D eigenvalue weighted by atomic mass is 9.99. The van der Waals surface area contributed by atoms with Crippen LogP contribution in [0.4, 0.5) is 0 Å². The second kappa shape index (κ2) is 5.03. The van der Waals surface area contributed by atoms with E-state index in [-0.39, 0.29) is 5.38 Å². The van der Waals surface area contributed by atoms with E-state index >= 15 is 0 Å². The molecule has 1 aromatic heterocycles. The van der Waals surface area contributed by atoms with E-state index < -0.39 is 0 Å². The van der Waals surface area contributed by atoms with E-state index in [9.17, 15) is 0 Å². The highest BCUT2D eigenvalue weighted by Crippen LogP contribution is 2.29. The maximum absolute atomic E-state index is 6.48. The Labute approximate surface area is 106 Å². The third-order valence-electron chi connectivity index (χ3n) is 2.77. The lowest BCUT2D eigenvalue weighted by molar-refractivity contribution is 0.912. The number of alkyl halides is 1. The highest BCUT2D eigenvalue weighted by Gasteiger charge is 2.11. The summed E-state index contributed by atoms with van der Waals surface area (Å²) >= 11 is 8.21. The van der Waals surface area contributed by atoms with Crippen molar-refractivity contribution in [2.45, 2.75) is 25.6 Å². The molecule has 0 N–H and O–H groups in total. The van der Waals surface area contributed by atoms with E-state index in [0.29, 0.717) is 0 Å². The summed E-state index contributed by atoms with van der Waals surface area (Å²) in [6, 6.07) is 8.62. The van der Waals surface area contributed by atoms with Gasteiger partial charge in [-0.05, 0) is 53.8 Å². The van der Waals surface area contributed by atoms with Gasteiger partial charge < -0.3 is 0 Å². The van der Waals surface area contributed by atoms with Crippen LogP contribution in [0.15, 0.2) is 35.0 Å². The van der Waals surface area contributed by atoms with Gasteiger partial charge in [-0.2, -0.15) is 11.3 Å². The fourth-order valence-corrected chi connectivity index (χ4v) is 2.92. The topological polar surface area (TPSA) is 0 Å². The molecule has 0 bridgehead atoms. The minimum absolute atomic E-state index is 0.0782. The van der Waals surface area contributed by atoms with Gasteiger partial charge in [0.2, 0.25) is 0 Å². The first kappa shape index (κ1) is 11.7. The zero-order valence-electron chi connectivity index (χ0n) is 9.53. The van der Waals surface area contributed by atoms with Crippen LogP contribution in [0.3, 0.4) is 0 Å². The SMILES string of the molecule is Cc1ccc(C)c(C(Cl)Cc2ccsc2)c1. The molecule has 1 atom stereocenters. The molecular formula is C14H15ClS. The van der Waals surface area contributed by atoms with Gasteiger partial charge in [0, 0.05) is 0 Å². The number of halogens is 1. The Morgan fingerprint density at radius 2 is 2.06 bits per heavy atom. The largest absolute Gasteiger partial charge is 0.152 e. The van der Waals surface area contributed by atoms with E-state index in [1.165, 1.54) is 22.3 Å². The Morgan fingerprint density at radius 3 is 2.75 bits per heavy atom. The van der Waals surface area contributed by atoms with Crippen LogP contribution in [-0.4, -0.2) is 0 Å². The molecule has 0 aliphatic heterocycles. The normalized spacial score (nSPS) is 12.7. The summed E-state index contributed by atoms with van der Waals surface area (Å²) in [5.74, 6) is 0. The van der Waals surface area contributed by atoms with Gasteiger partial charge in [0.15, 0.2) is 0 Å². The van der Waals surface area contributed by atoms with Crippen molar-refractivity contribution in [3.8, 4) is 0 Å². The molecule has 1 unspecified atom stereocenters. The summed E-state index contributed by atoms with van der Waals surface area (Å²) in [4.78, 5) is 0. The zero-order valence-corrected chi connectivity index (χ0v) is 11.1. The molecule has 84 valence electrons. The van der Waals surface area contributed by atoms with Crippen molar-refractivity contribution >= 4 is 22.9 Å². The fraction of sp³-hybridized carbons (Fsp3) is 0.286. The van der Waals surface area contributed by atoms with Gasteiger partial charge in [0.1, 0.15) is 0 Å². The molecule has 0 nitrogen and oxygen atoms in total. The first-order valence-corrected chi connectivity index (χ1v) is 6.77. The number of thiophene rings is 1. The van der Waals surface area contributed by atoms with Gasteiger partial charge in [0.05, 0.1) is 5.38 Å². The van der Waals surface area contributed by atoms with E-state index in [4.69, 9.17) is 11.6 Å². The molecule has 16 heavy (non-hydrogen) atoms. The number of hydrogen-bond acceptors (Lipinski definition) is 1. The van der Waals surface area contributed by atoms with Crippen LogP contribution in [0.25, 0.3) is 0 Å². The van der Waals surface area contributed by atoms with Crippen LogP contribution in [-0.2, 0) is 6.42 Å². The smallest absolute Gasteiger partial charge is 0.0628 e. The summed E-state index contributed by atoms with van der Waals surface area (Å²) in [7, 11) is 0. The second-order valence-corrected chi connectivity index (χ2v) is 5.47. The summed E-state index contributed by atoms with van der Waals surface area (Å²) < 4.78 is 0. The molecule has 0 radical (unpaired) electrons. The maximum Gasteiger partial charge on any atom is 0.0628 e. The van der Waals surface area contributed by atoms with E-state index in [1.54, 1.807) is 11.3 Å². The van der Waals surface area contributed by atoms with Crippen molar-refractivity contribution in [2.75, 3.05) is 0 Å². The highest BCUT2D eigenvalue weighted by molar-refractivity contribution is 7.07. The van der Waals surface area contributed by atoms with E-state index in [0.717, 1.165) is 6.42 Å². The Balaban J connectivity index is 2.20. The van der Waals surface area contributed by atoms with Crippen LogP contribution in [0.2, 0.25) is 0 Å². The standard InChI is InChI=1S/C14H15ClS/c1-10-3-4-11(2)13(7-10)14(15)8-12-5-6-16-9-12/h3-7,9,14H,8H2,1-2H3. The van der Waals surface area contributed by atoms with Gasteiger partial charge in [-0.1, -0.05) is 23.8 Å². The minimum atomic E-state index is 0.0782. The average molecular weight is 251 g/mol. The van der Waals surface area contributed by atoms with Crippen molar-refractivity contribution < 1.29 is 0 Å². The average Bonchev–Trinajstić information content (AvgIpc) is 2.74. The van der Waals surface area contributed by atoms with Crippen LogP contribution in [0.1, 0.15) is 27.6 Å². The van der Waals surface area contributed by atoms with E-state index in [2.05, 4.69) is 48.9 Å². The molecule has 2 heteroatoms. The molecule has 0 saturated heterocycles. The predicted molar refractivity (Wildman–Crippen MR) is 72.5 cm³/mol. The third-order valence-corrected chi connectivity index (χ3v) is 3.89. The lowest BCUT2D eigenvalue weighted by Gasteiger charge is -2.13. The van der Waals surface area contributed by atoms with Gasteiger partial charge in [-0.15, -0.1) is 11.6 Å². The van der Waals surface area contributed by atoms with Gasteiger partial charge in [0.25, 0.3) is 0 Å². The molecule has 2 rings (SSSR count). The molecular weight excluding hydrogens is 236 g/mol. The summed E-state index contributed by atoms with van der Waals surface area (Å²) in [5, 5.41) is 4.34. The monoisotopic (exact) mass is 250 g/mol. The summed E-state index contributed by atoms with van der Waals surface area (Å²) in [6.45, 7) is 4.23. The van der Waals surface area contributed by atoms with Crippen molar-refractivity contribution in [1.82, 2.24) is 0 Å². The van der Waals surface area contributed by atoms with Gasteiger partial charge in [-0.25, -0.2) is 0 Å². The lowest BCUT2D eigenvalue weighted by Crippen LogP contribution is -1.98. The molecule has 0 aliphatic carbocycles. The van der Waals surface area contributed by atoms with Crippen molar-refractivity contribution in [3.05, 3.63) is 57.3 Å². The Bertz CT molecular complexity index is 460. The van der Waals surface area contributed by atoms with Crippen LogP contribution in [0.5, 0.6) is 0 Å². The van der Waals surface area contributed by atoms with Gasteiger partial charge in [-0.3, -0.25) is 0 Å². The molecule has 0 fully saturated rings. The Hall–Kier alpha value is -0.790. The molecule has 1 heterocycles. The molecule has 2 aromatic rings. The molecule has 0 amide bonds. The van der Waals surface area contributed by atoms with Crippen LogP contribution >= 0.6 is 22.9 Å². The van der Waals surface area contributed by atoms with Crippen molar-refractivity contribution in [1.29, 1.82) is 0 Å². The van der Waals surface area contributed by atoms with Crippen molar-refractivity contribution in [3.63, 3.8) is 0 Å². The Kier molecular flexibility index (Phi) is 3.67. The summed E-state index contributed by atoms with van der Waals surface area (Å²) in [5.41, 5.74) is 5.14. The molecule has 0 spiro atoms. The first-order chi connectivity index (χ1) is 7.66. The van der Waals surface area contributed by atoms with E-state index in [1.807, 2.05) is 0 Å². The van der Waals surface area contributed by atoms with Gasteiger partial charge >= 0.3 is 0 Å². The number of benzene rings is 1. The number of aryl methyl sites for hydroxylation is 2. The number of rotatable bonds is 3. The second-order valence-electron chi connectivity index (χ2n) is 4.16. The summed E-state index contributed by atoms with van der Waals surface area (Å²) in [6.07, 6.45) is 0.912. The molecule has 0 aliphatic rings. The predicted octanol–water partition coefficient (Wildman–Crippen LogP) is 4.89. The highest BCUT2D eigenvalue weighted by atomic mass is 35.5. The molecule has 0 saturated carbocycles. The van der Waals surface area contributed by atoms with Crippen LogP contribution in [0, 0.1) is 13.8 Å². The fourth-order valence-electron chi connectivity index (χ4n) is 1.82.